The molecule has 0 amide bonds. The summed E-state index contributed by atoms with van der Waals surface area (Å²) in [5.41, 5.74) is 1.37. The van der Waals surface area contributed by atoms with E-state index < -0.39 is 0 Å². The Hall–Kier alpha value is -1.27. The number of aryl methyl sites for hydroxylation is 1. The molecular formula is C9H13N5S. The van der Waals surface area contributed by atoms with Gasteiger partial charge in [0.2, 0.25) is 0 Å². The smallest absolute Gasteiger partial charge is 0.188 e. The molecule has 0 aliphatic heterocycles. The van der Waals surface area contributed by atoms with Crippen molar-refractivity contribution in [3.8, 4) is 0 Å². The van der Waals surface area contributed by atoms with Crippen molar-refractivity contribution in [2.24, 2.45) is 7.05 Å². The predicted molar refractivity (Wildman–Crippen MR) is 58.5 cm³/mol. The van der Waals surface area contributed by atoms with Crippen molar-refractivity contribution < 1.29 is 0 Å². The van der Waals surface area contributed by atoms with E-state index in [0.29, 0.717) is 6.54 Å². The Bertz CT molecular complexity index is 394. The highest BCUT2D eigenvalue weighted by atomic mass is 32.1. The van der Waals surface area contributed by atoms with Gasteiger partial charge < -0.3 is 5.32 Å². The van der Waals surface area contributed by atoms with Gasteiger partial charge in [0.25, 0.3) is 0 Å². The van der Waals surface area contributed by atoms with Gasteiger partial charge in [0.15, 0.2) is 5.82 Å². The molecule has 0 unspecified atom stereocenters. The molecule has 0 saturated carbocycles. The molecule has 15 heavy (non-hydrogen) atoms. The van der Waals surface area contributed by atoms with Crippen LogP contribution in [0.3, 0.4) is 0 Å². The number of nitrogens with zero attached hydrogens (tertiary/aromatic N) is 4. The molecule has 0 fully saturated rings. The maximum absolute atomic E-state index is 4.08. The molecule has 2 heterocycles. The fraction of sp³-hybridized carbons (Fsp3) is 0.444. The van der Waals surface area contributed by atoms with Crippen LogP contribution in [0, 0.1) is 0 Å². The zero-order chi connectivity index (χ0) is 10.5. The van der Waals surface area contributed by atoms with Crippen LogP contribution in [0.1, 0.15) is 11.4 Å². The van der Waals surface area contributed by atoms with Gasteiger partial charge in [-0.15, -0.1) is 10.2 Å². The molecule has 0 aliphatic rings. The van der Waals surface area contributed by atoms with Gasteiger partial charge >= 0.3 is 0 Å². The Kier molecular flexibility index (Phi) is 3.41. The first-order valence-corrected chi connectivity index (χ1v) is 5.73. The van der Waals surface area contributed by atoms with E-state index in [-0.39, 0.29) is 0 Å². The summed E-state index contributed by atoms with van der Waals surface area (Å²) in [5, 5.41) is 19.3. The van der Waals surface area contributed by atoms with Crippen LogP contribution in [0.25, 0.3) is 0 Å². The summed E-state index contributed by atoms with van der Waals surface area (Å²) in [6.07, 6.45) is 1.05. The highest BCUT2D eigenvalue weighted by Gasteiger charge is 1.99. The van der Waals surface area contributed by atoms with Crippen LogP contribution >= 0.6 is 11.3 Å². The highest BCUT2D eigenvalue weighted by Crippen LogP contribution is 2.05. The lowest BCUT2D eigenvalue weighted by Crippen LogP contribution is -2.17. The van der Waals surface area contributed by atoms with Gasteiger partial charge in [-0.2, -0.15) is 16.1 Å². The van der Waals surface area contributed by atoms with E-state index in [1.54, 1.807) is 18.4 Å². The van der Waals surface area contributed by atoms with E-state index in [0.717, 1.165) is 18.8 Å². The molecule has 0 aliphatic carbocycles. The summed E-state index contributed by atoms with van der Waals surface area (Å²) in [6.45, 7) is 1.62. The lowest BCUT2D eigenvalue weighted by Gasteiger charge is -1.99. The zero-order valence-corrected chi connectivity index (χ0v) is 9.37. The minimum Gasteiger partial charge on any atom is -0.309 e. The first-order valence-electron chi connectivity index (χ1n) is 4.79. The van der Waals surface area contributed by atoms with Crippen molar-refractivity contribution in [3.05, 3.63) is 28.2 Å². The van der Waals surface area contributed by atoms with Crippen molar-refractivity contribution in [1.29, 1.82) is 0 Å². The number of tetrazole rings is 1. The van der Waals surface area contributed by atoms with Gasteiger partial charge in [0.05, 0.1) is 13.6 Å². The molecule has 6 heteroatoms. The fourth-order valence-electron chi connectivity index (χ4n) is 1.26. The molecular weight excluding hydrogens is 210 g/mol. The molecule has 2 aromatic rings. The van der Waals surface area contributed by atoms with Crippen LogP contribution < -0.4 is 5.32 Å². The molecule has 0 saturated heterocycles. The van der Waals surface area contributed by atoms with Crippen molar-refractivity contribution in [2.45, 2.75) is 13.0 Å². The van der Waals surface area contributed by atoms with E-state index in [2.05, 4.69) is 37.6 Å². The van der Waals surface area contributed by atoms with Crippen LogP contribution in [0.5, 0.6) is 0 Å². The van der Waals surface area contributed by atoms with Crippen LogP contribution in [-0.4, -0.2) is 26.8 Å². The van der Waals surface area contributed by atoms with Gasteiger partial charge in [-0.05, 0) is 40.6 Å². The van der Waals surface area contributed by atoms with Crippen molar-refractivity contribution in [1.82, 2.24) is 25.5 Å². The lowest BCUT2D eigenvalue weighted by molar-refractivity contribution is 0.619. The lowest BCUT2D eigenvalue weighted by atomic mass is 10.2. The predicted octanol–water partition coefficient (Wildman–Crippen LogP) is 0.604. The van der Waals surface area contributed by atoms with Gasteiger partial charge in [-0.3, -0.25) is 0 Å². The molecule has 0 bridgehead atoms. The fourth-order valence-corrected chi connectivity index (χ4v) is 1.97. The number of rotatable bonds is 5. The SMILES string of the molecule is Cn1nnc(CNCCc2ccsc2)n1. The molecule has 0 atom stereocenters. The first kappa shape index (κ1) is 10.3. The summed E-state index contributed by atoms with van der Waals surface area (Å²) in [4.78, 5) is 1.47. The number of hydrogen-bond acceptors (Lipinski definition) is 5. The number of thiophene rings is 1. The average Bonchev–Trinajstić information content (AvgIpc) is 2.84. The number of hydrogen-bond donors (Lipinski definition) is 1. The van der Waals surface area contributed by atoms with E-state index >= 15 is 0 Å². The number of nitrogens with one attached hydrogen (secondary N) is 1. The Labute approximate surface area is 92.1 Å². The Morgan fingerprint density at radius 2 is 2.47 bits per heavy atom. The summed E-state index contributed by atoms with van der Waals surface area (Å²) >= 11 is 1.73. The van der Waals surface area contributed by atoms with Crippen LogP contribution in [-0.2, 0) is 20.0 Å². The highest BCUT2D eigenvalue weighted by molar-refractivity contribution is 7.07. The third-order valence-electron chi connectivity index (χ3n) is 2.00. The summed E-state index contributed by atoms with van der Waals surface area (Å²) < 4.78 is 0. The Morgan fingerprint density at radius 1 is 1.53 bits per heavy atom. The van der Waals surface area contributed by atoms with E-state index in [1.807, 2.05) is 0 Å². The largest absolute Gasteiger partial charge is 0.309 e. The second-order valence-electron chi connectivity index (χ2n) is 3.25. The van der Waals surface area contributed by atoms with Crippen molar-refractivity contribution in [2.75, 3.05) is 6.54 Å². The van der Waals surface area contributed by atoms with Gasteiger partial charge in [-0.25, -0.2) is 0 Å². The zero-order valence-electron chi connectivity index (χ0n) is 8.55. The van der Waals surface area contributed by atoms with Gasteiger partial charge in [0.1, 0.15) is 0 Å². The Morgan fingerprint density at radius 3 is 3.13 bits per heavy atom. The van der Waals surface area contributed by atoms with Crippen LogP contribution in [0.4, 0.5) is 0 Å². The van der Waals surface area contributed by atoms with Crippen LogP contribution in [0.15, 0.2) is 16.8 Å². The standard InChI is InChI=1S/C9H13N5S/c1-14-12-9(11-13-14)6-10-4-2-8-3-5-15-7-8/h3,5,7,10H,2,4,6H2,1H3. The summed E-state index contributed by atoms with van der Waals surface area (Å²) in [5.74, 6) is 0.739. The average molecular weight is 223 g/mol. The maximum Gasteiger partial charge on any atom is 0.188 e. The normalized spacial score (nSPS) is 10.7. The van der Waals surface area contributed by atoms with Gasteiger partial charge in [-0.1, -0.05) is 0 Å². The second-order valence-corrected chi connectivity index (χ2v) is 4.03. The molecule has 1 N–H and O–H groups in total. The van der Waals surface area contributed by atoms with Gasteiger partial charge in [0, 0.05) is 0 Å². The van der Waals surface area contributed by atoms with E-state index in [4.69, 9.17) is 0 Å². The first-order chi connectivity index (χ1) is 7.34. The quantitative estimate of drug-likeness (QED) is 0.754. The molecule has 5 nitrogen and oxygen atoms in total. The minimum atomic E-state index is 0.679. The molecule has 2 aromatic heterocycles. The van der Waals surface area contributed by atoms with Crippen LogP contribution in [0.2, 0.25) is 0 Å². The number of aromatic nitrogens is 4. The van der Waals surface area contributed by atoms with Crippen molar-refractivity contribution >= 4 is 11.3 Å². The Balaban J connectivity index is 1.67. The topological polar surface area (TPSA) is 55.6 Å². The third-order valence-corrected chi connectivity index (χ3v) is 2.74. The molecule has 2 rings (SSSR count). The van der Waals surface area contributed by atoms with E-state index in [9.17, 15) is 0 Å². The minimum absolute atomic E-state index is 0.679. The third kappa shape index (κ3) is 3.10. The summed E-state index contributed by atoms with van der Waals surface area (Å²) in [6, 6.07) is 2.15. The molecule has 80 valence electrons. The second kappa shape index (κ2) is 4.99. The molecule has 0 spiro atoms. The molecule has 0 aromatic carbocycles. The monoisotopic (exact) mass is 223 g/mol. The van der Waals surface area contributed by atoms with Crippen molar-refractivity contribution in [3.63, 3.8) is 0 Å². The maximum atomic E-state index is 4.08. The summed E-state index contributed by atoms with van der Waals surface area (Å²) in [7, 11) is 1.77. The molecule has 0 radical (unpaired) electrons. The van der Waals surface area contributed by atoms with E-state index in [1.165, 1.54) is 10.4 Å².